The van der Waals surface area contributed by atoms with Gasteiger partial charge < -0.3 is 10.4 Å². The Balaban J connectivity index is 1.91. The predicted octanol–water partition coefficient (Wildman–Crippen LogP) is 3.81. The van der Waals surface area contributed by atoms with Crippen molar-refractivity contribution < 1.29 is 35.9 Å². The fraction of sp³-hybridized carbons (Fsp3) is 0.381. The molecule has 2 N–H and O–H groups in total. The van der Waals surface area contributed by atoms with Crippen LogP contribution in [0.1, 0.15) is 43.0 Å². The lowest BCUT2D eigenvalue weighted by molar-refractivity contribution is 0.0240. The number of hydrogen-bond acceptors (Lipinski definition) is 4. The van der Waals surface area contributed by atoms with Gasteiger partial charge in [-0.1, -0.05) is 12.8 Å². The summed E-state index contributed by atoms with van der Waals surface area (Å²) in [5, 5.41) is 12.6. The number of nitrogens with zero attached hydrogens (tertiary/aromatic N) is 1. The van der Waals surface area contributed by atoms with E-state index in [2.05, 4.69) is 5.32 Å². The molecule has 0 spiro atoms. The van der Waals surface area contributed by atoms with Crippen LogP contribution >= 0.6 is 0 Å². The molecule has 3 rings (SSSR count). The van der Waals surface area contributed by atoms with E-state index < -0.39 is 55.4 Å². The third-order valence-electron chi connectivity index (χ3n) is 5.19. The number of carbonyl (C=O) groups is 1. The molecule has 1 aliphatic rings. The molecule has 0 aromatic heterocycles. The van der Waals surface area contributed by atoms with E-state index in [1.807, 2.05) is 0 Å². The maximum absolute atomic E-state index is 14.5. The Morgan fingerprint density at radius 2 is 1.69 bits per heavy atom. The van der Waals surface area contributed by atoms with E-state index in [1.165, 1.54) is 6.92 Å². The number of rotatable bonds is 4. The Kier molecular flexibility index (Phi) is 6.91. The molecule has 1 aliphatic heterocycles. The van der Waals surface area contributed by atoms with Gasteiger partial charge in [0.05, 0.1) is 5.60 Å². The van der Waals surface area contributed by atoms with Gasteiger partial charge in [-0.05, 0) is 38.0 Å². The summed E-state index contributed by atoms with van der Waals surface area (Å²) in [7, 11) is -4.40. The number of amides is 1. The number of hydrogen-bond donors (Lipinski definition) is 2. The van der Waals surface area contributed by atoms with E-state index in [0.717, 1.165) is 28.9 Å². The predicted molar refractivity (Wildman–Crippen MR) is 109 cm³/mol. The van der Waals surface area contributed by atoms with Crippen LogP contribution in [0.4, 0.5) is 23.2 Å². The highest BCUT2D eigenvalue weighted by molar-refractivity contribution is 7.89. The van der Waals surface area contributed by atoms with Crippen LogP contribution in [-0.2, 0) is 10.0 Å². The lowest BCUT2D eigenvalue weighted by atomic mass is 9.96. The van der Waals surface area contributed by atoms with Gasteiger partial charge >= 0.3 is 0 Å². The first-order chi connectivity index (χ1) is 14.9. The van der Waals surface area contributed by atoms with Gasteiger partial charge in [-0.3, -0.25) is 4.79 Å². The molecule has 1 heterocycles. The number of benzene rings is 2. The minimum atomic E-state index is -4.40. The third-order valence-corrected chi connectivity index (χ3v) is 7.05. The number of anilines is 1. The molecule has 2 aromatic carbocycles. The molecule has 32 heavy (non-hydrogen) atoms. The lowest BCUT2D eigenvalue weighted by Gasteiger charge is -2.33. The topological polar surface area (TPSA) is 86.7 Å². The largest absolute Gasteiger partial charge is 0.389 e. The molecule has 0 radical (unpaired) electrons. The molecule has 0 bridgehead atoms. The number of sulfonamides is 1. The van der Waals surface area contributed by atoms with E-state index in [4.69, 9.17) is 0 Å². The van der Waals surface area contributed by atoms with Gasteiger partial charge in [0.1, 0.15) is 10.7 Å². The van der Waals surface area contributed by atoms with E-state index in [9.17, 15) is 35.9 Å². The molecule has 1 amide bonds. The molecule has 2 aromatic rings. The van der Waals surface area contributed by atoms with Crippen molar-refractivity contribution in [3.05, 3.63) is 59.2 Å². The van der Waals surface area contributed by atoms with Crippen molar-refractivity contribution in [3.8, 4) is 0 Å². The summed E-state index contributed by atoms with van der Waals surface area (Å²) in [6.07, 6.45) is 2.33. The van der Waals surface area contributed by atoms with Crippen molar-refractivity contribution in [2.75, 3.05) is 18.4 Å². The number of β-amino-alcohol motifs (C(OH)–C–C–N with tert-alkyl or cyclic N) is 1. The Labute approximate surface area is 182 Å². The molecule has 1 atom stereocenters. The summed E-state index contributed by atoms with van der Waals surface area (Å²) < 4.78 is 81.6. The van der Waals surface area contributed by atoms with Crippen molar-refractivity contribution >= 4 is 21.6 Å². The van der Waals surface area contributed by atoms with Crippen LogP contribution in [-0.4, -0.2) is 42.4 Å². The second kappa shape index (κ2) is 9.16. The number of aliphatic hydroxyl groups is 1. The fourth-order valence-electron chi connectivity index (χ4n) is 3.53. The zero-order valence-electron chi connectivity index (χ0n) is 17.2. The maximum Gasteiger partial charge on any atom is 0.255 e. The smallest absolute Gasteiger partial charge is 0.255 e. The van der Waals surface area contributed by atoms with Crippen LogP contribution in [0.15, 0.2) is 35.2 Å². The Hall–Kier alpha value is -2.50. The monoisotopic (exact) mass is 474 g/mol. The first-order valence-electron chi connectivity index (χ1n) is 9.89. The number of halogens is 4. The Morgan fingerprint density at radius 1 is 1.03 bits per heavy atom. The zero-order valence-corrected chi connectivity index (χ0v) is 18.0. The maximum atomic E-state index is 14.5. The van der Waals surface area contributed by atoms with Gasteiger partial charge in [0.15, 0.2) is 17.5 Å². The molecule has 0 saturated carbocycles. The SMILES string of the molecule is CC1(O)CCCCCN(S(=O)(=O)c2cc(C(=O)Nc3cc(F)c(F)c(F)c3)ccc2F)C1. The first kappa shape index (κ1) is 24.1. The van der Waals surface area contributed by atoms with Crippen LogP contribution in [0, 0.1) is 23.3 Å². The quantitative estimate of drug-likeness (QED) is 0.521. The summed E-state index contributed by atoms with van der Waals surface area (Å²) >= 11 is 0. The summed E-state index contributed by atoms with van der Waals surface area (Å²) in [5.41, 5.74) is -2.00. The van der Waals surface area contributed by atoms with E-state index in [1.54, 1.807) is 0 Å². The van der Waals surface area contributed by atoms with Gasteiger partial charge in [0.25, 0.3) is 5.91 Å². The Morgan fingerprint density at radius 3 is 2.34 bits per heavy atom. The summed E-state index contributed by atoms with van der Waals surface area (Å²) in [4.78, 5) is 11.7. The fourth-order valence-corrected chi connectivity index (χ4v) is 5.21. The van der Waals surface area contributed by atoms with Gasteiger partial charge in [-0.2, -0.15) is 4.31 Å². The van der Waals surface area contributed by atoms with Gasteiger partial charge in [-0.15, -0.1) is 0 Å². The van der Waals surface area contributed by atoms with Crippen LogP contribution in [0.2, 0.25) is 0 Å². The van der Waals surface area contributed by atoms with Crippen molar-refractivity contribution in [2.45, 2.75) is 43.1 Å². The lowest BCUT2D eigenvalue weighted by Crippen LogP contribution is -2.45. The summed E-state index contributed by atoms with van der Waals surface area (Å²) in [6.45, 7) is 1.34. The minimum absolute atomic E-state index is 0.0719. The Bertz CT molecular complexity index is 1120. The van der Waals surface area contributed by atoms with Gasteiger partial charge in [0.2, 0.25) is 10.0 Å². The molecular weight excluding hydrogens is 452 g/mol. The van der Waals surface area contributed by atoms with Crippen LogP contribution < -0.4 is 5.32 Å². The molecular formula is C21H22F4N2O4S. The molecule has 0 aliphatic carbocycles. The highest BCUT2D eigenvalue weighted by atomic mass is 32.2. The van der Waals surface area contributed by atoms with Gasteiger partial charge in [-0.25, -0.2) is 26.0 Å². The highest BCUT2D eigenvalue weighted by Crippen LogP contribution is 2.27. The molecule has 1 saturated heterocycles. The van der Waals surface area contributed by atoms with Crippen LogP contribution in [0.5, 0.6) is 0 Å². The molecule has 6 nitrogen and oxygen atoms in total. The average molecular weight is 474 g/mol. The second-order valence-corrected chi connectivity index (χ2v) is 9.91. The normalized spacial score (nSPS) is 20.4. The second-order valence-electron chi connectivity index (χ2n) is 8.00. The summed E-state index contributed by atoms with van der Waals surface area (Å²) in [5.74, 6) is -6.82. The van der Waals surface area contributed by atoms with E-state index >= 15 is 0 Å². The van der Waals surface area contributed by atoms with Crippen molar-refractivity contribution in [2.24, 2.45) is 0 Å². The zero-order chi connectivity index (χ0) is 23.7. The van der Waals surface area contributed by atoms with Crippen LogP contribution in [0.3, 0.4) is 0 Å². The van der Waals surface area contributed by atoms with Crippen molar-refractivity contribution in [3.63, 3.8) is 0 Å². The van der Waals surface area contributed by atoms with Crippen molar-refractivity contribution in [1.82, 2.24) is 4.31 Å². The van der Waals surface area contributed by atoms with Crippen LogP contribution in [0.25, 0.3) is 0 Å². The summed E-state index contributed by atoms with van der Waals surface area (Å²) in [6, 6.07) is 3.71. The van der Waals surface area contributed by atoms with E-state index in [-0.39, 0.29) is 18.7 Å². The molecule has 11 heteroatoms. The van der Waals surface area contributed by atoms with Crippen molar-refractivity contribution in [1.29, 1.82) is 0 Å². The van der Waals surface area contributed by atoms with E-state index in [0.29, 0.717) is 31.4 Å². The number of nitrogens with one attached hydrogen (secondary N) is 1. The third kappa shape index (κ3) is 5.28. The first-order valence-corrected chi connectivity index (χ1v) is 11.3. The molecule has 1 unspecified atom stereocenters. The minimum Gasteiger partial charge on any atom is -0.389 e. The molecule has 1 fully saturated rings. The van der Waals surface area contributed by atoms with Gasteiger partial charge in [0, 0.05) is 36.5 Å². The average Bonchev–Trinajstić information content (AvgIpc) is 2.69. The highest BCUT2D eigenvalue weighted by Gasteiger charge is 2.34. The molecule has 174 valence electrons. The number of carbonyl (C=O) groups excluding carboxylic acids is 1. The standard InChI is InChI=1S/C21H22F4N2O4S/c1-21(29)7-3-2-4-8-27(12-21)32(30,31)18-9-13(5-6-15(18)22)20(28)26-14-10-16(23)19(25)17(24)11-14/h5-6,9-11,29H,2-4,7-8,12H2,1H3,(H,26,28).